The summed E-state index contributed by atoms with van der Waals surface area (Å²) in [6.07, 6.45) is 8.97. The van der Waals surface area contributed by atoms with Crippen LogP contribution in [-0.2, 0) is 9.59 Å². The van der Waals surface area contributed by atoms with Gasteiger partial charge in [-0.25, -0.2) is 0 Å². The lowest BCUT2D eigenvalue weighted by Crippen LogP contribution is -2.58. The van der Waals surface area contributed by atoms with Crippen molar-refractivity contribution in [3.05, 3.63) is 21.3 Å². The number of aliphatic hydroxyl groups is 1. The van der Waals surface area contributed by atoms with Crippen LogP contribution in [0.3, 0.4) is 0 Å². The average Bonchev–Trinajstić information content (AvgIpc) is 3.41. The maximum absolute atomic E-state index is 13.1. The molecule has 1 amide bonds. The lowest BCUT2D eigenvalue weighted by molar-refractivity contribution is -0.169. The molecule has 4 nitrogen and oxygen atoms in total. The molecule has 0 unspecified atom stereocenters. The van der Waals surface area contributed by atoms with E-state index in [1.165, 1.54) is 6.42 Å². The Morgan fingerprint density at radius 3 is 2.64 bits per heavy atom. The first kappa shape index (κ1) is 26.7. The van der Waals surface area contributed by atoms with Gasteiger partial charge in [0.15, 0.2) is 0 Å². The van der Waals surface area contributed by atoms with E-state index in [9.17, 15) is 14.7 Å². The summed E-state index contributed by atoms with van der Waals surface area (Å²) in [5.41, 5.74) is 0.379. The minimum absolute atomic E-state index is 0.0259. The van der Waals surface area contributed by atoms with Crippen molar-refractivity contribution in [2.24, 2.45) is 46.3 Å². The smallest absolute Gasteiger partial charge is 0.220 e. The molecule has 0 radical (unpaired) electrons. The molecule has 0 aliphatic heterocycles. The molecular weight excluding hydrogens is 490 g/mol. The zero-order valence-corrected chi connectivity index (χ0v) is 24.0. The summed E-state index contributed by atoms with van der Waals surface area (Å²) in [4.78, 5) is 26.5. The molecule has 1 aromatic heterocycles. The molecule has 4 saturated carbocycles. The molecule has 0 spiro atoms. The molecule has 1 heterocycles. The number of rotatable bonds is 6. The predicted molar refractivity (Wildman–Crippen MR) is 146 cm³/mol. The molecule has 5 rings (SSSR count). The topological polar surface area (TPSA) is 66.4 Å². The third-order valence-corrected chi connectivity index (χ3v) is 12.8. The highest BCUT2D eigenvalue weighted by Crippen LogP contribution is 2.68. The van der Waals surface area contributed by atoms with Crippen molar-refractivity contribution in [2.45, 2.75) is 104 Å². The van der Waals surface area contributed by atoms with Crippen LogP contribution in [0.1, 0.15) is 103 Å². The van der Waals surface area contributed by atoms with Crippen LogP contribution in [0.25, 0.3) is 0 Å². The minimum atomic E-state index is -0.288. The monoisotopic (exact) mass is 533 g/mol. The van der Waals surface area contributed by atoms with Gasteiger partial charge in [-0.2, -0.15) is 0 Å². The van der Waals surface area contributed by atoms with Gasteiger partial charge < -0.3 is 10.4 Å². The SMILES string of the molecule is CC[C@@H](NC(=O)C[C@@H](C)[C@H]1CC[C@H]2[C@@H]3[C@H](O)C[C@@H]4CC(=O)CC[C@]4(C)[C@H]3CC[C@]12C)c1ccc(Cl)s1. The first-order valence-electron chi connectivity index (χ1n) is 14.3. The molecule has 0 bridgehead atoms. The number of thiophene rings is 1. The normalized spacial score (nSPS) is 41.7. The quantitative estimate of drug-likeness (QED) is 0.406. The summed E-state index contributed by atoms with van der Waals surface area (Å²) in [7, 11) is 0. The molecule has 4 aliphatic rings. The number of carbonyl (C=O) groups excluding carboxylic acids is 2. The van der Waals surface area contributed by atoms with Gasteiger partial charge in [-0.15, -0.1) is 11.3 Å². The fourth-order valence-electron chi connectivity index (χ4n) is 9.57. The molecule has 4 fully saturated rings. The van der Waals surface area contributed by atoms with Gasteiger partial charge in [-0.05, 0) is 103 Å². The van der Waals surface area contributed by atoms with Crippen molar-refractivity contribution in [1.29, 1.82) is 0 Å². The van der Waals surface area contributed by atoms with Crippen LogP contribution >= 0.6 is 22.9 Å². The standard InChI is InChI=1S/C30H44ClNO3S/c1-5-23(25-8-9-26(31)36-25)32-27(35)14-17(2)20-6-7-21-28-22(11-13-30(20,21)4)29(3)12-10-19(33)15-18(29)16-24(28)34/h8-9,17-18,20-24,28,34H,5-7,10-16H2,1-4H3,(H,32,35)/t17-,18+,20-,21+,22+,23-,24-,28+,29+,30-/m1/s1. The van der Waals surface area contributed by atoms with Gasteiger partial charge in [-0.3, -0.25) is 9.59 Å². The number of carbonyl (C=O) groups is 2. The summed E-state index contributed by atoms with van der Waals surface area (Å²) in [6, 6.07) is 3.95. The summed E-state index contributed by atoms with van der Waals surface area (Å²) >= 11 is 7.68. The zero-order chi connectivity index (χ0) is 25.8. The predicted octanol–water partition coefficient (Wildman–Crippen LogP) is 7.19. The Bertz CT molecular complexity index is 995. The Morgan fingerprint density at radius 2 is 1.94 bits per heavy atom. The van der Waals surface area contributed by atoms with Gasteiger partial charge in [0.05, 0.1) is 16.5 Å². The summed E-state index contributed by atoms with van der Waals surface area (Å²) in [5, 5.41) is 14.7. The van der Waals surface area contributed by atoms with Crippen molar-refractivity contribution in [2.75, 3.05) is 0 Å². The third kappa shape index (κ3) is 4.49. The highest BCUT2D eigenvalue weighted by atomic mass is 35.5. The number of Topliss-reactive ketones (excluding diaryl/α,β-unsaturated/α-hetero) is 1. The molecule has 200 valence electrons. The molecule has 0 saturated heterocycles. The number of halogens is 1. The number of ketones is 1. The van der Waals surface area contributed by atoms with Crippen LogP contribution in [-0.4, -0.2) is 22.9 Å². The maximum Gasteiger partial charge on any atom is 0.220 e. The number of hydrogen-bond acceptors (Lipinski definition) is 4. The Labute approximate surface area is 226 Å². The summed E-state index contributed by atoms with van der Waals surface area (Å²) in [5.74, 6) is 3.10. The number of nitrogens with one attached hydrogen (secondary N) is 1. The highest BCUT2D eigenvalue weighted by Gasteiger charge is 2.62. The molecule has 10 atom stereocenters. The van der Waals surface area contributed by atoms with E-state index >= 15 is 0 Å². The van der Waals surface area contributed by atoms with Crippen LogP contribution in [0.5, 0.6) is 0 Å². The lowest BCUT2D eigenvalue weighted by Gasteiger charge is -2.61. The fraction of sp³-hybridized carbons (Fsp3) is 0.800. The van der Waals surface area contributed by atoms with Gasteiger partial charge >= 0.3 is 0 Å². The van der Waals surface area contributed by atoms with Gasteiger partial charge in [0.1, 0.15) is 5.78 Å². The molecule has 0 aromatic carbocycles. The Morgan fingerprint density at radius 1 is 1.19 bits per heavy atom. The van der Waals surface area contributed by atoms with Crippen molar-refractivity contribution < 1.29 is 14.7 Å². The van der Waals surface area contributed by atoms with E-state index in [0.29, 0.717) is 54.1 Å². The molecule has 1 aromatic rings. The van der Waals surface area contributed by atoms with E-state index in [0.717, 1.165) is 54.2 Å². The van der Waals surface area contributed by atoms with Crippen LogP contribution in [0.15, 0.2) is 12.1 Å². The number of amides is 1. The maximum atomic E-state index is 13.1. The van der Waals surface area contributed by atoms with Gasteiger partial charge in [0.2, 0.25) is 5.91 Å². The second-order valence-corrected chi connectivity index (χ2v) is 14.9. The first-order chi connectivity index (χ1) is 17.1. The van der Waals surface area contributed by atoms with Crippen molar-refractivity contribution in [3.8, 4) is 0 Å². The summed E-state index contributed by atoms with van der Waals surface area (Å²) < 4.78 is 0.761. The van der Waals surface area contributed by atoms with Crippen LogP contribution in [0, 0.1) is 46.3 Å². The van der Waals surface area contributed by atoms with Crippen LogP contribution in [0.2, 0.25) is 4.34 Å². The van der Waals surface area contributed by atoms with Gasteiger partial charge in [0.25, 0.3) is 0 Å². The van der Waals surface area contributed by atoms with E-state index in [-0.39, 0.29) is 28.9 Å². The average molecular weight is 534 g/mol. The van der Waals surface area contributed by atoms with Crippen molar-refractivity contribution in [1.82, 2.24) is 5.32 Å². The number of aliphatic hydroxyl groups excluding tert-OH is 1. The van der Waals surface area contributed by atoms with E-state index in [2.05, 4.69) is 33.0 Å². The molecular formula is C30H44ClNO3S. The zero-order valence-electron chi connectivity index (χ0n) is 22.4. The Balaban J connectivity index is 1.27. The first-order valence-corrected chi connectivity index (χ1v) is 15.5. The van der Waals surface area contributed by atoms with Crippen LogP contribution < -0.4 is 5.32 Å². The lowest BCUT2D eigenvalue weighted by atomic mass is 9.44. The molecule has 4 aliphatic carbocycles. The van der Waals surface area contributed by atoms with Crippen molar-refractivity contribution in [3.63, 3.8) is 0 Å². The van der Waals surface area contributed by atoms with E-state index < -0.39 is 0 Å². The minimum Gasteiger partial charge on any atom is -0.393 e. The third-order valence-electron chi connectivity index (χ3n) is 11.4. The second kappa shape index (κ2) is 10.0. The summed E-state index contributed by atoms with van der Waals surface area (Å²) in [6.45, 7) is 9.27. The van der Waals surface area contributed by atoms with E-state index in [1.54, 1.807) is 11.3 Å². The molecule has 6 heteroatoms. The van der Waals surface area contributed by atoms with Gasteiger partial charge in [-0.1, -0.05) is 39.3 Å². The second-order valence-electron chi connectivity index (χ2n) is 13.1. The Hall–Kier alpha value is -0.910. The molecule has 2 N–H and O–H groups in total. The Kier molecular flexibility index (Phi) is 7.41. The molecule has 36 heavy (non-hydrogen) atoms. The van der Waals surface area contributed by atoms with E-state index in [1.807, 2.05) is 12.1 Å². The van der Waals surface area contributed by atoms with Crippen LogP contribution in [0.4, 0.5) is 0 Å². The number of hydrogen-bond donors (Lipinski definition) is 2. The number of fused-ring (bicyclic) bond motifs is 5. The fourth-order valence-corrected chi connectivity index (χ4v) is 10.8. The van der Waals surface area contributed by atoms with E-state index in [4.69, 9.17) is 11.6 Å². The van der Waals surface area contributed by atoms with Gasteiger partial charge in [0, 0.05) is 24.1 Å². The van der Waals surface area contributed by atoms with Crippen molar-refractivity contribution >= 4 is 34.6 Å². The largest absolute Gasteiger partial charge is 0.393 e. The highest BCUT2D eigenvalue weighted by molar-refractivity contribution is 7.16.